The van der Waals surface area contributed by atoms with Gasteiger partial charge in [0.1, 0.15) is 0 Å². The summed E-state index contributed by atoms with van der Waals surface area (Å²) < 4.78 is 2.11. The van der Waals surface area contributed by atoms with E-state index in [9.17, 15) is 4.79 Å². The van der Waals surface area contributed by atoms with Gasteiger partial charge in [0.15, 0.2) is 0 Å². The van der Waals surface area contributed by atoms with Crippen molar-refractivity contribution in [3.05, 3.63) is 66.4 Å². The highest BCUT2D eigenvalue weighted by Gasteiger charge is 2.23. The van der Waals surface area contributed by atoms with Crippen molar-refractivity contribution >= 4 is 16.8 Å². The molecule has 1 fully saturated rings. The van der Waals surface area contributed by atoms with Gasteiger partial charge in [-0.2, -0.15) is 0 Å². The molecule has 3 nitrogen and oxygen atoms in total. The zero-order valence-corrected chi connectivity index (χ0v) is 11.6. The molecule has 1 N–H and O–H groups in total. The second-order valence-electron chi connectivity index (χ2n) is 5.54. The van der Waals surface area contributed by atoms with Crippen LogP contribution in [0.5, 0.6) is 0 Å². The smallest absolute Gasteiger partial charge is 0.251 e. The number of nitrogens with zero attached hydrogens (tertiary/aromatic N) is 1. The van der Waals surface area contributed by atoms with Crippen molar-refractivity contribution in [3.63, 3.8) is 0 Å². The van der Waals surface area contributed by atoms with E-state index in [1.807, 2.05) is 42.6 Å². The van der Waals surface area contributed by atoms with E-state index in [4.69, 9.17) is 0 Å². The van der Waals surface area contributed by atoms with Gasteiger partial charge in [-0.25, -0.2) is 0 Å². The van der Waals surface area contributed by atoms with Gasteiger partial charge in [0.2, 0.25) is 0 Å². The largest absolute Gasteiger partial charge is 0.349 e. The van der Waals surface area contributed by atoms with Crippen molar-refractivity contribution in [2.45, 2.75) is 18.9 Å². The first kappa shape index (κ1) is 12.2. The number of hydrogen-bond acceptors (Lipinski definition) is 1. The van der Waals surface area contributed by atoms with Crippen LogP contribution in [0.1, 0.15) is 23.2 Å². The van der Waals surface area contributed by atoms with Crippen LogP contribution in [0.3, 0.4) is 0 Å². The summed E-state index contributed by atoms with van der Waals surface area (Å²) in [6.07, 6.45) is 4.25. The van der Waals surface area contributed by atoms with E-state index in [1.54, 1.807) is 0 Å². The summed E-state index contributed by atoms with van der Waals surface area (Å²) in [7, 11) is 0. The summed E-state index contributed by atoms with van der Waals surface area (Å²) in [5, 5.41) is 4.23. The summed E-state index contributed by atoms with van der Waals surface area (Å²) in [5.41, 5.74) is 2.88. The van der Waals surface area contributed by atoms with Crippen LogP contribution >= 0.6 is 0 Å². The van der Waals surface area contributed by atoms with E-state index in [0.717, 1.165) is 29.6 Å². The number of amides is 1. The molecule has 1 aliphatic rings. The number of aromatic nitrogens is 1. The lowest BCUT2D eigenvalue weighted by Gasteiger charge is -2.08. The Morgan fingerprint density at radius 1 is 1.05 bits per heavy atom. The predicted octanol–water partition coefficient (Wildman–Crippen LogP) is 3.52. The molecule has 1 aromatic heterocycles. The van der Waals surface area contributed by atoms with Crippen LogP contribution in [-0.4, -0.2) is 16.5 Å². The molecule has 3 aromatic rings. The molecule has 21 heavy (non-hydrogen) atoms. The number of carbonyl (C=O) groups is 1. The second-order valence-corrected chi connectivity index (χ2v) is 5.54. The van der Waals surface area contributed by atoms with Gasteiger partial charge >= 0.3 is 0 Å². The zero-order valence-electron chi connectivity index (χ0n) is 11.6. The Labute approximate surface area is 123 Å². The summed E-state index contributed by atoms with van der Waals surface area (Å²) >= 11 is 0. The number of hydrogen-bond donors (Lipinski definition) is 1. The van der Waals surface area contributed by atoms with Gasteiger partial charge in [-0.3, -0.25) is 4.79 Å². The average molecular weight is 276 g/mol. The lowest BCUT2D eigenvalue weighted by molar-refractivity contribution is 0.0951. The molecule has 2 aromatic carbocycles. The third-order valence-electron chi connectivity index (χ3n) is 3.90. The number of carbonyl (C=O) groups excluding carboxylic acids is 1. The minimum Gasteiger partial charge on any atom is -0.349 e. The van der Waals surface area contributed by atoms with Crippen molar-refractivity contribution < 1.29 is 4.79 Å². The molecule has 1 heterocycles. The number of nitrogens with one attached hydrogen (secondary N) is 1. The first-order valence-corrected chi connectivity index (χ1v) is 7.29. The Hall–Kier alpha value is -2.55. The van der Waals surface area contributed by atoms with E-state index in [2.05, 4.69) is 28.1 Å². The lowest BCUT2D eigenvalue weighted by atomic mass is 10.2. The summed E-state index contributed by atoms with van der Waals surface area (Å²) in [4.78, 5) is 12.2. The molecule has 4 rings (SSSR count). The van der Waals surface area contributed by atoms with Crippen molar-refractivity contribution in [1.29, 1.82) is 0 Å². The summed E-state index contributed by atoms with van der Waals surface area (Å²) in [6.45, 7) is 0. The fourth-order valence-electron chi connectivity index (χ4n) is 2.60. The molecule has 1 aliphatic carbocycles. The van der Waals surface area contributed by atoms with E-state index in [1.165, 1.54) is 5.39 Å². The Bertz CT molecular complexity index is 815. The van der Waals surface area contributed by atoms with Gasteiger partial charge in [0, 0.05) is 23.5 Å². The van der Waals surface area contributed by atoms with Crippen LogP contribution in [0.25, 0.3) is 16.6 Å². The molecule has 0 atom stereocenters. The van der Waals surface area contributed by atoms with Gasteiger partial charge in [-0.1, -0.05) is 24.3 Å². The molecule has 0 radical (unpaired) electrons. The van der Waals surface area contributed by atoms with E-state index >= 15 is 0 Å². The molecular weight excluding hydrogens is 260 g/mol. The molecule has 0 spiro atoms. The average Bonchev–Trinajstić information content (AvgIpc) is 3.23. The number of fused-ring (bicyclic) bond motifs is 1. The second kappa shape index (κ2) is 4.77. The minimum absolute atomic E-state index is 0.0239. The Morgan fingerprint density at radius 2 is 1.90 bits per heavy atom. The quantitative estimate of drug-likeness (QED) is 0.780. The third kappa shape index (κ3) is 2.31. The highest BCUT2D eigenvalue weighted by molar-refractivity contribution is 5.95. The standard InChI is InChI=1S/C18H16N2O/c21-18(19-15-8-9-15)14-5-3-6-16(12-14)20-11-10-13-4-1-2-7-17(13)20/h1-7,10-12,15H,8-9H2,(H,19,21). The van der Waals surface area contributed by atoms with Crippen LogP contribution in [0.4, 0.5) is 0 Å². The highest BCUT2D eigenvalue weighted by Crippen LogP contribution is 2.22. The van der Waals surface area contributed by atoms with Crippen LogP contribution in [0.15, 0.2) is 60.8 Å². The Balaban J connectivity index is 1.73. The molecular formula is C18H16N2O. The maximum Gasteiger partial charge on any atom is 0.251 e. The molecule has 0 aliphatic heterocycles. The lowest BCUT2D eigenvalue weighted by Crippen LogP contribution is -2.25. The van der Waals surface area contributed by atoms with Gasteiger partial charge in [-0.05, 0) is 48.6 Å². The van der Waals surface area contributed by atoms with E-state index < -0.39 is 0 Å². The molecule has 1 saturated carbocycles. The number of rotatable bonds is 3. The molecule has 0 bridgehead atoms. The normalized spacial score (nSPS) is 14.3. The summed E-state index contributed by atoms with van der Waals surface area (Å²) in [5.74, 6) is 0.0239. The predicted molar refractivity (Wildman–Crippen MR) is 83.8 cm³/mol. The molecule has 3 heteroatoms. The van der Waals surface area contributed by atoms with Crippen molar-refractivity contribution in [1.82, 2.24) is 9.88 Å². The Kier molecular flexibility index (Phi) is 2.78. The monoisotopic (exact) mass is 276 g/mol. The van der Waals surface area contributed by atoms with Crippen molar-refractivity contribution in [2.24, 2.45) is 0 Å². The van der Waals surface area contributed by atoms with Crippen LogP contribution < -0.4 is 5.32 Å². The van der Waals surface area contributed by atoms with E-state index in [0.29, 0.717) is 6.04 Å². The Morgan fingerprint density at radius 3 is 2.76 bits per heavy atom. The minimum atomic E-state index is 0.0239. The topological polar surface area (TPSA) is 34.0 Å². The zero-order chi connectivity index (χ0) is 14.2. The maximum atomic E-state index is 12.2. The fraction of sp³-hybridized carbons (Fsp3) is 0.167. The molecule has 0 unspecified atom stereocenters. The van der Waals surface area contributed by atoms with Gasteiger partial charge < -0.3 is 9.88 Å². The molecule has 104 valence electrons. The number of para-hydroxylation sites is 1. The first-order valence-electron chi connectivity index (χ1n) is 7.29. The fourth-order valence-corrected chi connectivity index (χ4v) is 2.60. The van der Waals surface area contributed by atoms with E-state index in [-0.39, 0.29) is 5.91 Å². The van der Waals surface area contributed by atoms with Crippen LogP contribution in [0.2, 0.25) is 0 Å². The van der Waals surface area contributed by atoms with Gasteiger partial charge in [-0.15, -0.1) is 0 Å². The number of benzene rings is 2. The molecule has 1 amide bonds. The van der Waals surface area contributed by atoms with Crippen molar-refractivity contribution in [3.8, 4) is 5.69 Å². The first-order chi connectivity index (χ1) is 10.3. The van der Waals surface area contributed by atoms with Crippen LogP contribution in [-0.2, 0) is 0 Å². The SMILES string of the molecule is O=C(NC1CC1)c1cccc(-n2ccc3ccccc32)c1. The third-order valence-corrected chi connectivity index (χ3v) is 3.90. The molecule has 0 saturated heterocycles. The van der Waals surface area contributed by atoms with Crippen molar-refractivity contribution in [2.75, 3.05) is 0 Å². The van der Waals surface area contributed by atoms with Gasteiger partial charge in [0.05, 0.1) is 5.52 Å². The highest BCUT2D eigenvalue weighted by atomic mass is 16.1. The van der Waals surface area contributed by atoms with Crippen LogP contribution in [0, 0.1) is 0 Å². The van der Waals surface area contributed by atoms with Gasteiger partial charge in [0.25, 0.3) is 5.91 Å². The maximum absolute atomic E-state index is 12.2. The summed E-state index contributed by atoms with van der Waals surface area (Å²) in [6, 6.07) is 18.5.